The summed E-state index contributed by atoms with van der Waals surface area (Å²) in [5, 5.41) is 3.51. The van der Waals surface area contributed by atoms with Gasteiger partial charge in [-0.2, -0.15) is 0 Å². The minimum absolute atomic E-state index is 0.484. The van der Waals surface area contributed by atoms with Gasteiger partial charge < -0.3 is 5.32 Å². The molecular weight excluding hydrogens is 220 g/mol. The quantitative estimate of drug-likeness (QED) is 0.856. The molecule has 1 unspecified atom stereocenters. The number of nitrogens with zero attached hydrogens (tertiary/aromatic N) is 1. The fourth-order valence-electron chi connectivity index (χ4n) is 3.07. The minimum Gasteiger partial charge on any atom is -0.316 e. The Morgan fingerprint density at radius 3 is 2.67 bits per heavy atom. The zero-order chi connectivity index (χ0) is 12.4. The fourth-order valence-corrected chi connectivity index (χ4v) is 3.07. The van der Waals surface area contributed by atoms with Crippen LogP contribution in [0.4, 0.5) is 0 Å². The Labute approximate surface area is 110 Å². The molecule has 0 aromatic heterocycles. The molecule has 2 fully saturated rings. The smallest absolute Gasteiger partial charge is 0.0236 e. The average molecular weight is 244 g/mol. The highest BCUT2D eigenvalue weighted by molar-refractivity contribution is 5.15. The van der Waals surface area contributed by atoms with E-state index in [1.54, 1.807) is 0 Å². The maximum atomic E-state index is 3.51. The van der Waals surface area contributed by atoms with Gasteiger partial charge in [0, 0.05) is 25.7 Å². The maximum Gasteiger partial charge on any atom is 0.0236 e. The second-order valence-corrected chi connectivity index (χ2v) is 6.36. The lowest BCUT2D eigenvalue weighted by Crippen LogP contribution is -2.38. The summed E-state index contributed by atoms with van der Waals surface area (Å²) >= 11 is 0. The first kappa shape index (κ1) is 12.2. The van der Waals surface area contributed by atoms with Gasteiger partial charge in [-0.1, -0.05) is 37.3 Å². The standard InChI is InChI=1S/C16H24N2/c1-16(9-10-17-12-16)13-18(15-7-8-15)11-14-5-3-2-4-6-14/h2-6,15,17H,7-13H2,1H3. The summed E-state index contributed by atoms with van der Waals surface area (Å²) in [4.78, 5) is 2.71. The SMILES string of the molecule is CC1(CN(Cc2ccccc2)C2CC2)CCNC1. The van der Waals surface area contributed by atoms with E-state index in [4.69, 9.17) is 0 Å². The Hall–Kier alpha value is -0.860. The van der Waals surface area contributed by atoms with Crippen LogP contribution in [0.5, 0.6) is 0 Å². The summed E-state index contributed by atoms with van der Waals surface area (Å²) in [6, 6.07) is 11.8. The molecule has 2 aliphatic rings. The highest BCUT2D eigenvalue weighted by atomic mass is 15.2. The first-order valence-corrected chi connectivity index (χ1v) is 7.24. The van der Waals surface area contributed by atoms with Crippen LogP contribution in [-0.4, -0.2) is 30.6 Å². The van der Waals surface area contributed by atoms with Crippen molar-refractivity contribution in [3.8, 4) is 0 Å². The van der Waals surface area contributed by atoms with Gasteiger partial charge in [-0.05, 0) is 36.8 Å². The number of nitrogens with one attached hydrogen (secondary N) is 1. The van der Waals surface area contributed by atoms with Crippen LogP contribution in [0.25, 0.3) is 0 Å². The third kappa shape index (κ3) is 2.93. The maximum absolute atomic E-state index is 3.51. The third-order valence-corrected chi connectivity index (χ3v) is 4.33. The van der Waals surface area contributed by atoms with E-state index in [9.17, 15) is 0 Å². The molecule has 1 saturated carbocycles. The highest BCUT2D eigenvalue weighted by Gasteiger charge is 2.36. The van der Waals surface area contributed by atoms with Crippen molar-refractivity contribution in [3.05, 3.63) is 35.9 Å². The topological polar surface area (TPSA) is 15.3 Å². The van der Waals surface area contributed by atoms with E-state index < -0.39 is 0 Å². The van der Waals surface area contributed by atoms with Crippen LogP contribution in [-0.2, 0) is 6.54 Å². The zero-order valence-electron chi connectivity index (χ0n) is 11.4. The van der Waals surface area contributed by atoms with Crippen LogP contribution < -0.4 is 5.32 Å². The van der Waals surface area contributed by atoms with Crippen molar-refractivity contribution in [2.24, 2.45) is 5.41 Å². The van der Waals surface area contributed by atoms with Crippen LogP contribution in [0, 0.1) is 5.41 Å². The van der Waals surface area contributed by atoms with Crippen molar-refractivity contribution in [2.45, 2.75) is 38.8 Å². The molecule has 1 saturated heterocycles. The van der Waals surface area contributed by atoms with Gasteiger partial charge in [0.1, 0.15) is 0 Å². The molecule has 1 aliphatic heterocycles. The molecule has 2 heteroatoms. The van der Waals surface area contributed by atoms with E-state index in [-0.39, 0.29) is 0 Å². The summed E-state index contributed by atoms with van der Waals surface area (Å²) in [5.41, 5.74) is 1.94. The summed E-state index contributed by atoms with van der Waals surface area (Å²) in [6.45, 7) is 7.19. The van der Waals surface area contributed by atoms with Crippen molar-refractivity contribution in [2.75, 3.05) is 19.6 Å². The van der Waals surface area contributed by atoms with Gasteiger partial charge in [-0.25, -0.2) is 0 Å². The third-order valence-electron chi connectivity index (χ3n) is 4.33. The van der Waals surface area contributed by atoms with Crippen LogP contribution >= 0.6 is 0 Å². The zero-order valence-corrected chi connectivity index (χ0v) is 11.4. The molecule has 1 aromatic carbocycles. The number of hydrogen-bond acceptors (Lipinski definition) is 2. The van der Waals surface area contributed by atoms with Crippen LogP contribution in [0.15, 0.2) is 30.3 Å². The Bertz CT molecular complexity index is 377. The van der Waals surface area contributed by atoms with Crippen molar-refractivity contribution in [1.29, 1.82) is 0 Å². The summed E-state index contributed by atoms with van der Waals surface area (Å²) in [5.74, 6) is 0. The van der Waals surface area contributed by atoms with Gasteiger partial charge in [-0.15, -0.1) is 0 Å². The summed E-state index contributed by atoms with van der Waals surface area (Å²) in [7, 11) is 0. The van der Waals surface area contributed by atoms with E-state index in [1.165, 1.54) is 44.5 Å². The second kappa shape index (κ2) is 5.02. The molecule has 0 spiro atoms. The van der Waals surface area contributed by atoms with E-state index in [1.807, 2.05) is 0 Å². The van der Waals surface area contributed by atoms with E-state index >= 15 is 0 Å². The lowest BCUT2D eigenvalue weighted by Gasteiger charge is -2.32. The molecular formula is C16H24N2. The monoisotopic (exact) mass is 244 g/mol. The average Bonchev–Trinajstić information content (AvgIpc) is 3.14. The largest absolute Gasteiger partial charge is 0.316 e. The molecule has 2 nitrogen and oxygen atoms in total. The lowest BCUT2D eigenvalue weighted by atomic mass is 9.89. The summed E-state index contributed by atoms with van der Waals surface area (Å²) < 4.78 is 0. The first-order chi connectivity index (χ1) is 8.75. The van der Waals surface area contributed by atoms with Crippen molar-refractivity contribution in [1.82, 2.24) is 10.2 Å². The van der Waals surface area contributed by atoms with E-state index in [2.05, 4.69) is 47.5 Å². The summed E-state index contributed by atoms with van der Waals surface area (Å²) in [6.07, 6.45) is 4.12. The molecule has 98 valence electrons. The number of rotatable bonds is 5. The highest BCUT2D eigenvalue weighted by Crippen LogP contribution is 2.34. The van der Waals surface area contributed by atoms with E-state index in [0.29, 0.717) is 5.41 Å². The van der Waals surface area contributed by atoms with Gasteiger partial charge in [0.25, 0.3) is 0 Å². The van der Waals surface area contributed by atoms with Gasteiger partial charge in [0.15, 0.2) is 0 Å². The van der Waals surface area contributed by atoms with Gasteiger partial charge in [0.2, 0.25) is 0 Å². The molecule has 1 heterocycles. The van der Waals surface area contributed by atoms with Gasteiger partial charge in [-0.3, -0.25) is 4.90 Å². The predicted molar refractivity (Wildman–Crippen MR) is 75.5 cm³/mol. The van der Waals surface area contributed by atoms with Gasteiger partial charge in [0.05, 0.1) is 0 Å². The predicted octanol–water partition coefficient (Wildman–Crippen LogP) is 2.65. The molecule has 18 heavy (non-hydrogen) atoms. The van der Waals surface area contributed by atoms with Crippen molar-refractivity contribution in [3.63, 3.8) is 0 Å². The molecule has 0 bridgehead atoms. The normalized spacial score (nSPS) is 27.9. The first-order valence-electron chi connectivity index (χ1n) is 7.24. The fraction of sp³-hybridized carbons (Fsp3) is 0.625. The molecule has 1 N–H and O–H groups in total. The van der Waals surface area contributed by atoms with Crippen LogP contribution in [0.1, 0.15) is 31.7 Å². The lowest BCUT2D eigenvalue weighted by molar-refractivity contribution is 0.162. The Morgan fingerprint density at radius 2 is 2.06 bits per heavy atom. The molecule has 0 radical (unpaired) electrons. The molecule has 1 atom stereocenters. The number of benzene rings is 1. The van der Waals surface area contributed by atoms with Crippen LogP contribution in [0.2, 0.25) is 0 Å². The molecule has 3 rings (SSSR count). The minimum atomic E-state index is 0.484. The van der Waals surface area contributed by atoms with Crippen molar-refractivity contribution >= 4 is 0 Å². The van der Waals surface area contributed by atoms with Crippen LogP contribution in [0.3, 0.4) is 0 Å². The van der Waals surface area contributed by atoms with Crippen molar-refractivity contribution < 1.29 is 0 Å². The van der Waals surface area contributed by atoms with E-state index in [0.717, 1.165) is 12.6 Å². The number of hydrogen-bond donors (Lipinski definition) is 1. The molecule has 1 aliphatic carbocycles. The van der Waals surface area contributed by atoms with Gasteiger partial charge >= 0.3 is 0 Å². The Kier molecular flexibility index (Phi) is 3.40. The Morgan fingerprint density at radius 1 is 1.28 bits per heavy atom. The Balaban J connectivity index is 1.65. The molecule has 1 aromatic rings. The molecule has 0 amide bonds. The second-order valence-electron chi connectivity index (χ2n) is 6.36.